The number of alkyl halides is 2. The van der Waals surface area contributed by atoms with Crippen molar-refractivity contribution in [3.05, 3.63) is 12.7 Å². The fraction of sp³-hybridized carbons (Fsp3) is 0.700. The molecule has 0 bridgehead atoms. The van der Waals surface area contributed by atoms with Gasteiger partial charge in [0.15, 0.2) is 10.1 Å². The topological polar surface area (TPSA) is 17.1 Å². The lowest BCUT2D eigenvalue weighted by molar-refractivity contribution is -0.135. The van der Waals surface area contributed by atoms with E-state index in [-0.39, 0.29) is 17.6 Å². The SMILES string of the molecule is C=CCCC[C@H]1C(=O)C(Cl)(Cl)[C@H]1C. The number of hydrogen-bond acceptors (Lipinski definition) is 1. The molecule has 1 nitrogen and oxygen atoms in total. The van der Waals surface area contributed by atoms with Gasteiger partial charge in [-0.05, 0) is 19.3 Å². The average molecular weight is 221 g/mol. The van der Waals surface area contributed by atoms with Crippen molar-refractivity contribution in [3.63, 3.8) is 0 Å². The van der Waals surface area contributed by atoms with Crippen LogP contribution in [-0.2, 0) is 4.79 Å². The molecule has 0 aromatic heterocycles. The molecule has 0 aromatic rings. The first-order valence-corrected chi connectivity index (χ1v) is 5.30. The summed E-state index contributed by atoms with van der Waals surface area (Å²) in [7, 11) is 0. The maximum atomic E-state index is 11.4. The number of unbranched alkanes of at least 4 members (excludes halogenated alkanes) is 1. The Hall–Kier alpha value is -0.0100. The highest BCUT2D eigenvalue weighted by atomic mass is 35.5. The molecule has 13 heavy (non-hydrogen) atoms. The quantitative estimate of drug-likeness (QED) is 0.404. The van der Waals surface area contributed by atoms with Crippen LogP contribution in [0.5, 0.6) is 0 Å². The molecule has 0 amide bonds. The fourth-order valence-corrected chi connectivity index (χ4v) is 2.30. The summed E-state index contributed by atoms with van der Waals surface area (Å²) in [6, 6.07) is 0. The van der Waals surface area contributed by atoms with E-state index in [0.717, 1.165) is 19.3 Å². The summed E-state index contributed by atoms with van der Waals surface area (Å²) in [5.41, 5.74) is 0. The van der Waals surface area contributed by atoms with E-state index in [1.165, 1.54) is 0 Å². The highest BCUT2D eigenvalue weighted by Crippen LogP contribution is 2.50. The van der Waals surface area contributed by atoms with Crippen LogP contribution in [0.1, 0.15) is 26.2 Å². The van der Waals surface area contributed by atoms with E-state index in [1.54, 1.807) is 0 Å². The molecular formula is C10H14Cl2O. The van der Waals surface area contributed by atoms with E-state index in [1.807, 2.05) is 13.0 Å². The van der Waals surface area contributed by atoms with Crippen LogP contribution >= 0.6 is 23.2 Å². The minimum absolute atomic E-state index is 0.00704. The Morgan fingerprint density at radius 3 is 2.69 bits per heavy atom. The zero-order chi connectivity index (χ0) is 10.1. The van der Waals surface area contributed by atoms with Crippen molar-refractivity contribution in [2.24, 2.45) is 11.8 Å². The first-order valence-electron chi connectivity index (χ1n) is 4.54. The fourth-order valence-electron chi connectivity index (χ4n) is 1.72. The van der Waals surface area contributed by atoms with Gasteiger partial charge < -0.3 is 0 Å². The zero-order valence-corrected chi connectivity index (χ0v) is 9.24. The molecule has 2 atom stereocenters. The van der Waals surface area contributed by atoms with Gasteiger partial charge in [-0.25, -0.2) is 0 Å². The van der Waals surface area contributed by atoms with Gasteiger partial charge in [-0.15, -0.1) is 6.58 Å². The Bertz CT molecular complexity index is 223. The van der Waals surface area contributed by atoms with Gasteiger partial charge >= 0.3 is 0 Å². The molecule has 0 spiro atoms. The largest absolute Gasteiger partial charge is 0.296 e. The van der Waals surface area contributed by atoms with Gasteiger partial charge in [0, 0.05) is 11.8 Å². The zero-order valence-electron chi connectivity index (χ0n) is 7.72. The van der Waals surface area contributed by atoms with E-state index in [4.69, 9.17) is 23.2 Å². The van der Waals surface area contributed by atoms with Crippen LogP contribution in [0.15, 0.2) is 12.7 Å². The van der Waals surface area contributed by atoms with Crippen molar-refractivity contribution >= 4 is 29.0 Å². The summed E-state index contributed by atoms with van der Waals surface area (Å²) in [4.78, 5) is 11.4. The molecule has 1 aliphatic rings. The third-order valence-corrected chi connectivity index (χ3v) is 3.83. The number of carbonyl (C=O) groups is 1. The molecule has 1 saturated carbocycles. The third-order valence-electron chi connectivity index (χ3n) is 2.76. The van der Waals surface area contributed by atoms with E-state index < -0.39 is 4.33 Å². The van der Waals surface area contributed by atoms with Gasteiger partial charge in [-0.3, -0.25) is 4.79 Å². The lowest BCUT2D eigenvalue weighted by atomic mass is 9.70. The maximum Gasteiger partial charge on any atom is 0.179 e. The van der Waals surface area contributed by atoms with Gasteiger partial charge in [0.05, 0.1) is 0 Å². The summed E-state index contributed by atoms with van der Waals surface area (Å²) < 4.78 is -1.11. The number of allylic oxidation sites excluding steroid dienone is 1. The molecule has 0 aliphatic heterocycles. The van der Waals surface area contributed by atoms with Crippen molar-refractivity contribution in [3.8, 4) is 0 Å². The van der Waals surface area contributed by atoms with Crippen molar-refractivity contribution in [2.45, 2.75) is 30.5 Å². The van der Waals surface area contributed by atoms with Crippen LogP contribution in [0, 0.1) is 11.8 Å². The second-order valence-electron chi connectivity index (χ2n) is 3.60. The van der Waals surface area contributed by atoms with Crippen molar-refractivity contribution in [1.82, 2.24) is 0 Å². The predicted molar refractivity (Wildman–Crippen MR) is 56.1 cm³/mol. The molecular weight excluding hydrogens is 207 g/mol. The van der Waals surface area contributed by atoms with Crippen LogP contribution in [0.4, 0.5) is 0 Å². The molecule has 1 fully saturated rings. The number of ketones is 1. The highest BCUT2D eigenvalue weighted by Gasteiger charge is 2.57. The van der Waals surface area contributed by atoms with Gasteiger partial charge in [-0.1, -0.05) is 36.2 Å². The summed E-state index contributed by atoms with van der Waals surface area (Å²) >= 11 is 11.6. The molecule has 0 heterocycles. The van der Waals surface area contributed by atoms with Gasteiger partial charge in [0.1, 0.15) is 0 Å². The van der Waals surface area contributed by atoms with Gasteiger partial charge in [0.2, 0.25) is 0 Å². The summed E-state index contributed by atoms with van der Waals surface area (Å²) in [5.74, 6) is 0.149. The Labute approximate surface area is 89.1 Å². The van der Waals surface area contributed by atoms with Crippen molar-refractivity contribution in [2.75, 3.05) is 0 Å². The van der Waals surface area contributed by atoms with Crippen molar-refractivity contribution < 1.29 is 4.79 Å². The van der Waals surface area contributed by atoms with Crippen LogP contribution < -0.4 is 0 Å². The standard InChI is InChI=1S/C10H14Cl2O/c1-3-4-5-6-8-7(2)10(11,12)9(8)13/h3,7-8H,1,4-6H2,2H3/t7-,8+/m0/s1. The van der Waals surface area contributed by atoms with E-state index in [0.29, 0.717) is 0 Å². The summed E-state index contributed by atoms with van der Waals surface area (Å²) in [5, 5.41) is 0. The first-order chi connectivity index (χ1) is 6.01. The minimum Gasteiger partial charge on any atom is -0.296 e. The summed E-state index contributed by atoms with van der Waals surface area (Å²) in [6.45, 7) is 5.56. The molecule has 0 saturated heterocycles. The van der Waals surface area contributed by atoms with Crippen LogP contribution in [0.2, 0.25) is 0 Å². The monoisotopic (exact) mass is 220 g/mol. The lowest BCUT2D eigenvalue weighted by Crippen LogP contribution is -2.54. The minimum atomic E-state index is -1.11. The first kappa shape index (κ1) is 11.1. The molecule has 1 rings (SSSR count). The maximum absolute atomic E-state index is 11.4. The van der Waals surface area contributed by atoms with Gasteiger partial charge in [-0.2, -0.15) is 0 Å². The number of carbonyl (C=O) groups excluding carboxylic acids is 1. The second-order valence-corrected chi connectivity index (χ2v) is 4.99. The molecule has 0 unspecified atom stereocenters. The lowest BCUT2D eigenvalue weighted by Gasteiger charge is -2.43. The van der Waals surface area contributed by atoms with Crippen molar-refractivity contribution in [1.29, 1.82) is 0 Å². The molecule has 74 valence electrons. The normalized spacial score (nSPS) is 31.2. The van der Waals surface area contributed by atoms with Crippen LogP contribution in [-0.4, -0.2) is 10.1 Å². The molecule has 0 N–H and O–H groups in total. The van der Waals surface area contributed by atoms with E-state index in [2.05, 4.69) is 6.58 Å². The smallest absolute Gasteiger partial charge is 0.179 e. The second kappa shape index (κ2) is 4.02. The Morgan fingerprint density at radius 1 is 1.62 bits per heavy atom. The Balaban J connectivity index is 2.38. The highest BCUT2D eigenvalue weighted by molar-refractivity contribution is 6.60. The molecule has 1 aliphatic carbocycles. The molecule has 0 aromatic carbocycles. The van der Waals surface area contributed by atoms with E-state index >= 15 is 0 Å². The number of hydrogen-bond donors (Lipinski definition) is 0. The van der Waals surface area contributed by atoms with Crippen LogP contribution in [0.3, 0.4) is 0 Å². The van der Waals surface area contributed by atoms with Crippen LogP contribution in [0.25, 0.3) is 0 Å². The summed E-state index contributed by atoms with van der Waals surface area (Å²) in [6.07, 6.45) is 4.69. The Morgan fingerprint density at radius 2 is 2.23 bits per heavy atom. The number of halogens is 2. The van der Waals surface area contributed by atoms with E-state index in [9.17, 15) is 4.79 Å². The third kappa shape index (κ3) is 1.92. The van der Waals surface area contributed by atoms with Gasteiger partial charge in [0.25, 0.3) is 0 Å². The molecule has 0 radical (unpaired) electrons. The average Bonchev–Trinajstić information content (AvgIpc) is 2.11. The number of rotatable bonds is 4. The Kier molecular flexibility index (Phi) is 3.42. The predicted octanol–water partition coefficient (Wildman–Crippen LogP) is 3.35. The molecule has 3 heteroatoms. The number of Topliss-reactive ketones (excluding diaryl/α,β-unsaturated/α-hetero) is 1.